The second kappa shape index (κ2) is 7.55. The Labute approximate surface area is 155 Å². The van der Waals surface area contributed by atoms with Crippen molar-refractivity contribution in [2.45, 2.75) is 50.5 Å². The molecule has 3 aliphatic rings. The van der Waals surface area contributed by atoms with E-state index in [-0.39, 0.29) is 35.3 Å². The summed E-state index contributed by atoms with van der Waals surface area (Å²) < 4.78 is 0. The Hall–Kier alpha value is -0.570. The second-order valence-corrected chi connectivity index (χ2v) is 7.31. The highest BCUT2D eigenvalue weighted by Crippen LogP contribution is 2.36. The maximum Gasteiger partial charge on any atom is 0.220 e. The summed E-state index contributed by atoms with van der Waals surface area (Å²) in [5.74, 6) is 1.03. The molecule has 1 unspecified atom stereocenters. The highest BCUT2D eigenvalue weighted by atomic mass is 127. The normalized spacial score (nSPS) is 30.3. The third-order valence-corrected chi connectivity index (χ3v) is 5.48. The molecule has 0 aromatic heterocycles. The SMILES string of the molecule is CN=C(NCC1(O)CCCC1)N1CCCC2(CNC(=O)C2)C1.I. The monoisotopic (exact) mass is 436 g/mol. The molecule has 3 N–H and O–H groups in total. The Morgan fingerprint density at radius 3 is 2.70 bits per heavy atom. The van der Waals surface area contributed by atoms with Gasteiger partial charge in [0.2, 0.25) is 5.91 Å². The number of hydrogen-bond donors (Lipinski definition) is 3. The van der Waals surface area contributed by atoms with Gasteiger partial charge in [0.15, 0.2) is 5.96 Å². The molecule has 2 aliphatic heterocycles. The largest absolute Gasteiger partial charge is 0.388 e. The van der Waals surface area contributed by atoms with Gasteiger partial charge < -0.3 is 20.6 Å². The number of amides is 1. The van der Waals surface area contributed by atoms with Gasteiger partial charge in [0.05, 0.1) is 5.60 Å². The molecule has 2 heterocycles. The maximum absolute atomic E-state index is 11.6. The Balaban J connectivity index is 0.00000192. The summed E-state index contributed by atoms with van der Waals surface area (Å²) in [5.41, 5.74) is -0.508. The number of nitrogens with zero attached hydrogens (tertiary/aromatic N) is 2. The van der Waals surface area contributed by atoms with Gasteiger partial charge in [-0.25, -0.2) is 0 Å². The number of aliphatic imine (C=N–C) groups is 1. The molecular formula is C16H29IN4O2. The fourth-order valence-electron chi connectivity index (χ4n) is 4.21. The van der Waals surface area contributed by atoms with Crippen LogP contribution in [0.1, 0.15) is 44.9 Å². The summed E-state index contributed by atoms with van der Waals surface area (Å²) in [7, 11) is 1.79. The van der Waals surface area contributed by atoms with Crippen molar-refractivity contribution in [3.8, 4) is 0 Å². The van der Waals surface area contributed by atoms with E-state index < -0.39 is 5.60 Å². The lowest BCUT2D eigenvalue weighted by molar-refractivity contribution is -0.119. The van der Waals surface area contributed by atoms with Crippen LogP contribution in [-0.2, 0) is 4.79 Å². The Morgan fingerprint density at radius 2 is 2.09 bits per heavy atom. The van der Waals surface area contributed by atoms with Gasteiger partial charge in [0, 0.05) is 45.1 Å². The first kappa shape index (κ1) is 18.8. The molecule has 0 aromatic rings. The van der Waals surface area contributed by atoms with Crippen molar-refractivity contribution in [2.24, 2.45) is 10.4 Å². The number of likely N-dealkylation sites (tertiary alicyclic amines) is 1. The van der Waals surface area contributed by atoms with Crippen LogP contribution in [0.15, 0.2) is 4.99 Å². The molecule has 132 valence electrons. The first-order valence-electron chi connectivity index (χ1n) is 8.49. The number of rotatable bonds is 2. The fraction of sp³-hybridized carbons (Fsp3) is 0.875. The second-order valence-electron chi connectivity index (χ2n) is 7.31. The number of aliphatic hydroxyl groups is 1. The van der Waals surface area contributed by atoms with Crippen LogP contribution in [-0.4, -0.2) is 60.7 Å². The van der Waals surface area contributed by atoms with Crippen LogP contribution >= 0.6 is 24.0 Å². The van der Waals surface area contributed by atoms with Crippen molar-refractivity contribution in [3.05, 3.63) is 0 Å². The highest BCUT2D eigenvalue weighted by molar-refractivity contribution is 14.0. The molecule has 0 aromatic carbocycles. The molecule has 3 rings (SSSR count). The summed E-state index contributed by atoms with van der Waals surface area (Å²) in [6.45, 7) is 3.18. The highest BCUT2D eigenvalue weighted by Gasteiger charge is 2.42. The average Bonchev–Trinajstić information content (AvgIpc) is 3.07. The van der Waals surface area contributed by atoms with Crippen molar-refractivity contribution in [2.75, 3.05) is 33.2 Å². The molecule has 1 aliphatic carbocycles. The summed E-state index contributed by atoms with van der Waals surface area (Å²) in [5, 5.41) is 16.8. The summed E-state index contributed by atoms with van der Waals surface area (Å²) in [6.07, 6.45) is 6.78. The number of hydrogen-bond acceptors (Lipinski definition) is 3. The topological polar surface area (TPSA) is 77.0 Å². The lowest BCUT2D eigenvalue weighted by atomic mass is 9.79. The standard InChI is InChI=1S/C16H28N4O2.HI/c1-17-14(19-11-16(22)6-2-3-7-16)20-8-4-5-15(12-20)9-13(21)18-10-15;/h22H,2-12H2,1H3,(H,17,19)(H,18,21);1H. The minimum Gasteiger partial charge on any atom is -0.388 e. The van der Waals surface area contributed by atoms with Crippen molar-refractivity contribution >= 4 is 35.8 Å². The number of carbonyl (C=O) groups is 1. The van der Waals surface area contributed by atoms with Crippen molar-refractivity contribution in [1.82, 2.24) is 15.5 Å². The molecule has 1 atom stereocenters. The van der Waals surface area contributed by atoms with Crippen LogP contribution in [0.2, 0.25) is 0 Å². The van der Waals surface area contributed by atoms with Gasteiger partial charge in [0.25, 0.3) is 0 Å². The lowest BCUT2D eigenvalue weighted by Crippen LogP contribution is -2.53. The van der Waals surface area contributed by atoms with Gasteiger partial charge in [-0.2, -0.15) is 0 Å². The number of piperidine rings is 1. The zero-order valence-electron chi connectivity index (χ0n) is 13.9. The van der Waals surface area contributed by atoms with Gasteiger partial charge >= 0.3 is 0 Å². The summed E-state index contributed by atoms with van der Waals surface area (Å²) in [6, 6.07) is 0. The number of guanidine groups is 1. The maximum atomic E-state index is 11.6. The molecule has 6 nitrogen and oxygen atoms in total. The third-order valence-electron chi connectivity index (χ3n) is 5.48. The molecule has 2 saturated heterocycles. The van der Waals surface area contributed by atoms with Crippen LogP contribution in [0.5, 0.6) is 0 Å². The minimum atomic E-state index is -0.575. The molecule has 1 spiro atoms. The van der Waals surface area contributed by atoms with Crippen LogP contribution in [0, 0.1) is 5.41 Å². The predicted octanol–water partition coefficient (Wildman–Crippen LogP) is 1.09. The van der Waals surface area contributed by atoms with Gasteiger partial charge in [0.1, 0.15) is 0 Å². The van der Waals surface area contributed by atoms with E-state index in [9.17, 15) is 9.90 Å². The Kier molecular flexibility index (Phi) is 6.16. The van der Waals surface area contributed by atoms with Gasteiger partial charge in [-0.1, -0.05) is 12.8 Å². The Morgan fingerprint density at radius 1 is 1.35 bits per heavy atom. The van der Waals surface area contributed by atoms with E-state index >= 15 is 0 Å². The van der Waals surface area contributed by atoms with Crippen LogP contribution in [0.4, 0.5) is 0 Å². The molecule has 0 bridgehead atoms. The fourth-order valence-corrected chi connectivity index (χ4v) is 4.21. The first-order valence-corrected chi connectivity index (χ1v) is 8.49. The first-order chi connectivity index (χ1) is 10.5. The van der Waals surface area contributed by atoms with Crippen molar-refractivity contribution in [3.63, 3.8) is 0 Å². The van der Waals surface area contributed by atoms with Gasteiger partial charge in [-0.05, 0) is 25.7 Å². The van der Waals surface area contributed by atoms with Crippen LogP contribution in [0.25, 0.3) is 0 Å². The smallest absolute Gasteiger partial charge is 0.220 e. The quantitative estimate of drug-likeness (QED) is 0.344. The zero-order chi connectivity index (χ0) is 15.6. The average molecular weight is 436 g/mol. The molecule has 7 heteroatoms. The zero-order valence-corrected chi connectivity index (χ0v) is 16.3. The number of carbonyl (C=O) groups excluding carboxylic acids is 1. The molecule has 3 fully saturated rings. The van der Waals surface area contributed by atoms with E-state index in [2.05, 4.69) is 20.5 Å². The molecule has 1 saturated carbocycles. The summed E-state index contributed by atoms with van der Waals surface area (Å²) in [4.78, 5) is 18.2. The van der Waals surface area contributed by atoms with Gasteiger partial charge in [-0.15, -0.1) is 24.0 Å². The van der Waals surface area contributed by atoms with E-state index in [1.807, 2.05) is 0 Å². The van der Waals surface area contributed by atoms with E-state index in [1.54, 1.807) is 7.05 Å². The van der Waals surface area contributed by atoms with Crippen molar-refractivity contribution in [1.29, 1.82) is 0 Å². The van der Waals surface area contributed by atoms with E-state index in [4.69, 9.17) is 0 Å². The lowest BCUT2D eigenvalue weighted by Gasteiger charge is -2.41. The van der Waals surface area contributed by atoms with Crippen molar-refractivity contribution < 1.29 is 9.90 Å². The van der Waals surface area contributed by atoms with Crippen LogP contribution < -0.4 is 10.6 Å². The van der Waals surface area contributed by atoms with E-state index in [1.165, 1.54) is 0 Å². The Bertz CT molecular complexity index is 465. The number of nitrogens with one attached hydrogen (secondary N) is 2. The molecular weight excluding hydrogens is 407 g/mol. The summed E-state index contributed by atoms with van der Waals surface area (Å²) >= 11 is 0. The van der Waals surface area contributed by atoms with E-state index in [0.717, 1.165) is 64.1 Å². The van der Waals surface area contributed by atoms with E-state index in [0.29, 0.717) is 13.0 Å². The molecule has 1 amide bonds. The van der Waals surface area contributed by atoms with Gasteiger partial charge in [-0.3, -0.25) is 9.79 Å². The number of halogens is 1. The molecule has 23 heavy (non-hydrogen) atoms. The van der Waals surface area contributed by atoms with Crippen LogP contribution in [0.3, 0.4) is 0 Å². The molecule has 0 radical (unpaired) electrons. The third kappa shape index (κ3) is 4.29. The predicted molar refractivity (Wildman–Crippen MR) is 101 cm³/mol. The minimum absolute atomic E-state index is 0.